The molecule has 0 spiro atoms. The maximum absolute atomic E-state index is 10.9. The first-order valence-electron chi connectivity index (χ1n) is 10.3. The van der Waals surface area contributed by atoms with Gasteiger partial charge in [-0.2, -0.15) is 5.10 Å². The molecule has 4 atom stereocenters. The average Bonchev–Trinajstić information content (AvgIpc) is 3.44. The third-order valence-corrected chi connectivity index (χ3v) is 6.18. The molecule has 2 heterocycles. The van der Waals surface area contributed by atoms with Gasteiger partial charge in [-0.25, -0.2) is 4.99 Å². The number of fused-ring (bicyclic) bond motifs is 2. The molecule has 7 nitrogen and oxygen atoms in total. The van der Waals surface area contributed by atoms with Crippen molar-refractivity contribution in [2.45, 2.75) is 50.7 Å². The number of nitrogens with zero attached hydrogens (tertiary/aromatic N) is 3. The van der Waals surface area contributed by atoms with Crippen molar-refractivity contribution in [3.05, 3.63) is 42.1 Å². The van der Waals surface area contributed by atoms with Gasteiger partial charge in [0.1, 0.15) is 11.4 Å². The number of nitrogens with one attached hydrogen (secondary N) is 2. The van der Waals surface area contributed by atoms with E-state index in [2.05, 4.69) is 15.7 Å². The van der Waals surface area contributed by atoms with Crippen LogP contribution in [0.25, 0.3) is 0 Å². The van der Waals surface area contributed by atoms with E-state index in [1.54, 1.807) is 24.1 Å². The molecule has 0 amide bonds. The molecular weight excluding hydrogens is 354 g/mol. The number of aliphatic imine (C=N–C) groups is 1. The van der Waals surface area contributed by atoms with Crippen molar-refractivity contribution in [1.82, 2.24) is 20.4 Å². The Kier molecular flexibility index (Phi) is 5.44. The molecule has 0 radical (unpaired) electrons. The lowest BCUT2D eigenvalue weighted by Gasteiger charge is -2.26. The summed E-state index contributed by atoms with van der Waals surface area (Å²) < 4.78 is 7.11. The molecule has 2 aromatic heterocycles. The fourth-order valence-corrected chi connectivity index (χ4v) is 4.53. The minimum atomic E-state index is -1.06. The maximum atomic E-state index is 10.9. The Morgan fingerprint density at radius 1 is 1.43 bits per heavy atom. The molecule has 3 N–H and O–H groups in total. The third kappa shape index (κ3) is 4.41. The lowest BCUT2D eigenvalue weighted by atomic mass is 9.95. The Hall–Kier alpha value is -2.28. The van der Waals surface area contributed by atoms with E-state index in [0.717, 1.165) is 42.1 Å². The minimum Gasteiger partial charge on any atom is -0.469 e. The van der Waals surface area contributed by atoms with Crippen molar-refractivity contribution in [2.75, 3.05) is 13.1 Å². The number of aliphatic hydroxyl groups is 1. The third-order valence-electron chi connectivity index (χ3n) is 6.18. The molecule has 2 saturated carbocycles. The first-order chi connectivity index (χ1) is 13.5. The van der Waals surface area contributed by atoms with Gasteiger partial charge in [0.2, 0.25) is 0 Å². The first kappa shape index (κ1) is 19.1. The van der Waals surface area contributed by atoms with E-state index >= 15 is 0 Å². The summed E-state index contributed by atoms with van der Waals surface area (Å²) in [6.07, 6.45) is 11.3. The zero-order chi connectivity index (χ0) is 19.6. The Bertz CT molecular complexity index is 796. The molecule has 2 aliphatic carbocycles. The molecule has 2 aliphatic rings. The van der Waals surface area contributed by atoms with Crippen LogP contribution in [-0.2, 0) is 19.1 Å². The van der Waals surface area contributed by atoms with Crippen LogP contribution < -0.4 is 10.6 Å². The van der Waals surface area contributed by atoms with Crippen LogP contribution in [0.5, 0.6) is 0 Å². The van der Waals surface area contributed by atoms with Crippen molar-refractivity contribution in [3.63, 3.8) is 0 Å². The van der Waals surface area contributed by atoms with Crippen molar-refractivity contribution in [1.29, 1.82) is 0 Å². The van der Waals surface area contributed by atoms with Crippen LogP contribution in [0.3, 0.4) is 0 Å². The van der Waals surface area contributed by atoms with Gasteiger partial charge in [-0.15, -0.1) is 0 Å². The van der Waals surface area contributed by atoms with Gasteiger partial charge in [-0.3, -0.25) is 4.68 Å². The van der Waals surface area contributed by atoms with Gasteiger partial charge >= 0.3 is 0 Å². The van der Waals surface area contributed by atoms with E-state index < -0.39 is 5.60 Å². The molecule has 0 saturated heterocycles. The van der Waals surface area contributed by atoms with Crippen LogP contribution in [-0.4, -0.2) is 40.0 Å². The van der Waals surface area contributed by atoms with Crippen LogP contribution in [0.15, 0.2) is 40.2 Å². The summed E-state index contributed by atoms with van der Waals surface area (Å²) in [5.41, 5.74) is -0.285. The van der Waals surface area contributed by atoms with Crippen LogP contribution in [0.1, 0.15) is 43.9 Å². The summed E-state index contributed by atoms with van der Waals surface area (Å²) in [6.45, 7) is 2.79. The van der Waals surface area contributed by atoms with Gasteiger partial charge in [-0.1, -0.05) is 6.42 Å². The SMILES string of the molecule is Cn1cc(C(C)(O)CN=C(NCCc2ccco2)NC2CC3CCC2C3)cn1. The summed E-state index contributed by atoms with van der Waals surface area (Å²) in [7, 11) is 1.85. The zero-order valence-corrected chi connectivity index (χ0v) is 16.8. The quantitative estimate of drug-likeness (QED) is 0.502. The Labute approximate surface area is 166 Å². The van der Waals surface area contributed by atoms with Crippen LogP contribution in [0, 0.1) is 11.8 Å². The number of rotatable bonds is 7. The number of guanidine groups is 1. The topological polar surface area (TPSA) is 87.6 Å². The fourth-order valence-electron chi connectivity index (χ4n) is 4.53. The molecule has 0 aliphatic heterocycles. The second-order valence-electron chi connectivity index (χ2n) is 8.52. The number of hydrogen-bond donors (Lipinski definition) is 3. The normalized spacial score (nSPS) is 26.4. The Balaban J connectivity index is 1.40. The maximum Gasteiger partial charge on any atom is 0.191 e. The number of hydrogen-bond acceptors (Lipinski definition) is 4. The molecule has 4 rings (SSSR count). The molecular formula is C21H31N5O2. The van der Waals surface area contributed by atoms with Crippen molar-refractivity contribution in [3.8, 4) is 0 Å². The van der Waals surface area contributed by atoms with Gasteiger partial charge in [0.05, 0.1) is 19.0 Å². The molecule has 0 aromatic carbocycles. The molecule has 2 fully saturated rings. The van der Waals surface area contributed by atoms with E-state index in [0.29, 0.717) is 6.04 Å². The predicted molar refractivity (Wildman–Crippen MR) is 108 cm³/mol. The Morgan fingerprint density at radius 2 is 2.32 bits per heavy atom. The van der Waals surface area contributed by atoms with Gasteiger partial charge in [0.25, 0.3) is 0 Å². The highest BCUT2D eigenvalue weighted by molar-refractivity contribution is 5.80. The summed E-state index contributed by atoms with van der Waals surface area (Å²) in [5, 5.41) is 22.1. The van der Waals surface area contributed by atoms with E-state index in [-0.39, 0.29) is 6.54 Å². The highest BCUT2D eigenvalue weighted by atomic mass is 16.3. The van der Waals surface area contributed by atoms with Crippen LogP contribution in [0.2, 0.25) is 0 Å². The number of aromatic nitrogens is 2. The van der Waals surface area contributed by atoms with Crippen molar-refractivity contribution in [2.24, 2.45) is 23.9 Å². The predicted octanol–water partition coefficient (Wildman–Crippen LogP) is 2.19. The summed E-state index contributed by atoms with van der Waals surface area (Å²) in [6, 6.07) is 4.37. The van der Waals surface area contributed by atoms with Crippen molar-refractivity contribution >= 4 is 5.96 Å². The summed E-state index contributed by atoms with van der Waals surface area (Å²) in [4.78, 5) is 4.72. The summed E-state index contributed by atoms with van der Waals surface area (Å²) >= 11 is 0. The minimum absolute atomic E-state index is 0.273. The van der Waals surface area contributed by atoms with Gasteiger partial charge < -0.3 is 20.2 Å². The van der Waals surface area contributed by atoms with E-state index in [1.165, 1.54) is 25.7 Å². The summed E-state index contributed by atoms with van der Waals surface area (Å²) in [5.74, 6) is 3.34. The van der Waals surface area contributed by atoms with Gasteiger partial charge in [-0.05, 0) is 50.2 Å². The molecule has 2 bridgehead atoms. The fraction of sp³-hybridized carbons (Fsp3) is 0.619. The lowest BCUT2D eigenvalue weighted by molar-refractivity contribution is 0.0671. The average molecular weight is 386 g/mol. The van der Waals surface area contributed by atoms with Gasteiger partial charge in [0, 0.05) is 37.8 Å². The highest BCUT2D eigenvalue weighted by Crippen LogP contribution is 2.44. The van der Waals surface area contributed by atoms with E-state index in [1.807, 2.05) is 25.4 Å². The number of furan rings is 1. The molecule has 7 heteroatoms. The Morgan fingerprint density at radius 3 is 2.96 bits per heavy atom. The van der Waals surface area contributed by atoms with Crippen LogP contribution >= 0.6 is 0 Å². The standard InChI is InChI=1S/C21H31N5O2/c1-21(27,17-12-24-26(2)13-17)14-23-20(22-8-7-18-4-3-9-28-18)25-19-11-15-5-6-16(19)10-15/h3-4,9,12-13,15-16,19,27H,5-8,10-11,14H2,1-2H3,(H2,22,23,25). The second kappa shape index (κ2) is 7.99. The van der Waals surface area contributed by atoms with E-state index in [9.17, 15) is 5.11 Å². The first-order valence-corrected chi connectivity index (χ1v) is 10.3. The zero-order valence-electron chi connectivity index (χ0n) is 16.8. The number of aryl methyl sites for hydroxylation is 1. The van der Waals surface area contributed by atoms with Crippen molar-refractivity contribution < 1.29 is 9.52 Å². The smallest absolute Gasteiger partial charge is 0.191 e. The highest BCUT2D eigenvalue weighted by Gasteiger charge is 2.39. The molecule has 4 unspecified atom stereocenters. The molecule has 28 heavy (non-hydrogen) atoms. The molecule has 152 valence electrons. The van der Waals surface area contributed by atoms with Gasteiger partial charge in [0.15, 0.2) is 5.96 Å². The largest absolute Gasteiger partial charge is 0.469 e. The second-order valence-corrected chi connectivity index (χ2v) is 8.52. The van der Waals surface area contributed by atoms with E-state index in [4.69, 9.17) is 9.41 Å². The monoisotopic (exact) mass is 385 g/mol. The van der Waals surface area contributed by atoms with Crippen LogP contribution in [0.4, 0.5) is 0 Å². The lowest BCUT2D eigenvalue weighted by Crippen LogP contribution is -2.46. The molecule has 2 aromatic rings.